The summed E-state index contributed by atoms with van der Waals surface area (Å²) in [5, 5.41) is 12.8. The molecule has 2 heteroatoms. The average Bonchev–Trinajstić information content (AvgIpc) is 2.98. The van der Waals surface area contributed by atoms with Crippen LogP contribution < -0.4 is 5.32 Å². The van der Waals surface area contributed by atoms with E-state index >= 15 is 0 Å². The smallest absolute Gasteiger partial charge is 0.0613 e. The molecule has 0 unspecified atom stereocenters. The molecule has 2 N–H and O–H groups in total. The fourth-order valence-electron chi connectivity index (χ4n) is 2.61. The Morgan fingerprint density at radius 1 is 1.53 bits per heavy atom. The first-order valence-electron chi connectivity index (χ1n) is 6.19. The fourth-order valence-corrected chi connectivity index (χ4v) is 2.61. The monoisotopic (exact) mass is 209 g/mol. The largest absolute Gasteiger partial charge is 0.394 e. The highest BCUT2D eigenvalue weighted by Crippen LogP contribution is 2.36. The molecule has 0 heterocycles. The summed E-state index contributed by atoms with van der Waals surface area (Å²) in [5.74, 6) is 1.47. The maximum Gasteiger partial charge on any atom is 0.0613 e. The Kier molecular flexibility index (Phi) is 3.17. The summed E-state index contributed by atoms with van der Waals surface area (Å²) in [6.45, 7) is 5.95. The number of hydrogen-bond donors (Lipinski definition) is 2. The van der Waals surface area contributed by atoms with Crippen LogP contribution in [0.2, 0.25) is 0 Å². The molecule has 2 nitrogen and oxygen atoms in total. The molecule has 0 saturated heterocycles. The van der Waals surface area contributed by atoms with E-state index in [9.17, 15) is 5.11 Å². The minimum Gasteiger partial charge on any atom is -0.394 e. The Bertz CT molecular complexity index is 255. The minimum absolute atomic E-state index is 0.0947. The lowest BCUT2D eigenvalue weighted by molar-refractivity contribution is 0.219. The molecule has 0 aromatic heterocycles. The van der Waals surface area contributed by atoms with Gasteiger partial charge in [-0.1, -0.05) is 18.6 Å². The molecule has 2 atom stereocenters. The molecule has 1 fully saturated rings. The van der Waals surface area contributed by atoms with Crippen LogP contribution in [0.4, 0.5) is 0 Å². The van der Waals surface area contributed by atoms with Crippen molar-refractivity contribution in [3.8, 4) is 0 Å². The quantitative estimate of drug-likeness (QED) is 0.695. The molecule has 86 valence electrons. The van der Waals surface area contributed by atoms with Crippen LogP contribution >= 0.6 is 0 Å². The van der Waals surface area contributed by atoms with Gasteiger partial charge >= 0.3 is 0 Å². The van der Waals surface area contributed by atoms with Crippen LogP contribution in [0.15, 0.2) is 11.6 Å². The Balaban J connectivity index is 1.87. The standard InChI is InChI=1S/C13H23NO/c1-10-4-3-5-11(2)12(10)8-14-13(9-15)6-7-13/h4,11-12,14-15H,3,5-9H2,1-2H3/t11-,12+/m1/s1. The van der Waals surface area contributed by atoms with Gasteiger partial charge in [-0.3, -0.25) is 0 Å². The van der Waals surface area contributed by atoms with Crippen LogP contribution in [-0.2, 0) is 0 Å². The zero-order valence-corrected chi connectivity index (χ0v) is 9.92. The van der Waals surface area contributed by atoms with Gasteiger partial charge in [-0.25, -0.2) is 0 Å². The zero-order chi connectivity index (χ0) is 10.9. The molecule has 0 spiro atoms. The Morgan fingerprint density at radius 2 is 2.27 bits per heavy atom. The molecule has 0 aliphatic heterocycles. The van der Waals surface area contributed by atoms with Crippen molar-refractivity contribution in [3.05, 3.63) is 11.6 Å². The number of allylic oxidation sites excluding steroid dienone is 1. The summed E-state index contributed by atoms with van der Waals surface area (Å²) < 4.78 is 0. The van der Waals surface area contributed by atoms with Crippen LogP contribution in [0, 0.1) is 11.8 Å². The highest BCUT2D eigenvalue weighted by atomic mass is 16.3. The van der Waals surface area contributed by atoms with Crippen molar-refractivity contribution < 1.29 is 5.11 Å². The molecule has 2 rings (SSSR count). The lowest BCUT2D eigenvalue weighted by Gasteiger charge is -2.30. The zero-order valence-electron chi connectivity index (χ0n) is 9.92. The summed E-state index contributed by atoms with van der Waals surface area (Å²) in [4.78, 5) is 0. The number of aliphatic hydroxyl groups excluding tert-OH is 1. The van der Waals surface area contributed by atoms with Crippen molar-refractivity contribution >= 4 is 0 Å². The van der Waals surface area contributed by atoms with Gasteiger partial charge in [0.1, 0.15) is 0 Å². The van der Waals surface area contributed by atoms with Gasteiger partial charge in [0, 0.05) is 12.1 Å². The van der Waals surface area contributed by atoms with Gasteiger partial charge in [0.25, 0.3) is 0 Å². The van der Waals surface area contributed by atoms with E-state index in [2.05, 4.69) is 25.2 Å². The van der Waals surface area contributed by atoms with Crippen LogP contribution in [0.3, 0.4) is 0 Å². The average molecular weight is 209 g/mol. The second kappa shape index (κ2) is 4.26. The van der Waals surface area contributed by atoms with Crippen molar-refractivity contribution in [2.45, 2.75) is 45.1 Å². The highest BCUT2D eigenvalue weighted by molar-refractivity contribution is 5.11. The normalized spacial score (nSPS) is 33.7. The third kappa shape index (κ3) is 2.43. The predicted molar refractivity (Wildman–Crippen MR) is 62.7 cm³/mol. The number of aliphatic hydroxyl groups is 1. The van der Waals surface area contributed by atoms with E-state index in [-0.39, 0.29) is 5.54 Å². The van der Waals surface area contributed by atoms with Crippen molar-refractivity contribution in [1.29, 1.82) is 0 Å². The fraction of sp³-hybridized carbons (Fsp3) is 0.846. The third-order valence-electron chi connectivity index (χ3n) is 4.21. The van der Waals surface area contributed by atoms with E-state index in [4.69, 9.17) is 0 Å². The first-order chi connectivity index (χ1) is 7.17. The second-order valence-electron chi connectivity index (χ2n) is 5.43. The SMILES string of the molecule is CC1=CCC[C@@H](C)[C@H]1CNC1(CO)CC1. The first-order valence-corrected chi connectivity index (χ1v) is 6.19. The van der Waals surface area contributed by atoms with Gasteiger partial charge in [0.05, 0.1) is 6.61 Å². The van der Waals surface area contributed by atoms with Gasteiger partial charge in [0.2, 0.25) is 0 Å². The van der Waals surface area contributed by atoms with Crippen molar-refractivity contribution in [1.82, 2.24) is 5.32 Å². The summed E-state index contributed by atoms with van der Waals surface area (Å²) >= 11 is 0. The third-order valence-corrected chi connectivity index (χ3v) is 4.21. The maximum atomic E-state index is 9.24. The predicted octanol–water partition coefficient (Wildman–Crippen LogP) is 2.09. The topological polar surface area (TPSA) is 32.3 Å². The Labute approximate surface area is 92.8 Å². The van der Waals surface area contributed by atoms with E-state index in [1.165, 1.54) is 18.4 Å². The molecule has 0 radical (unpaired) electrons. The summed E-state index contributed by atoms with van der Waals surface area (Å²) in [5.41, 5.74) is 1.63. The lowest BCUT2D eigenvalue weighted by atomic mass is 9.80. The van der Waals surface area contributed by atoms with Gasteiger partial charge in [-0.2, -0.15) is 0 Å². The molecular weight excluding hydrogens is 186 g/mol. The van der Waals surface area contributed by atoms with Crippen LogP contribution in [-0.4, -0.2) is 23.8 Å². The van der Waals surface area contributed by atoms with E-state index in [0.29, 0.717) is 12.5 Å². The van der Waals surface area contributed by atoms with Gasteiger partial charge < -0.3 is 10.4 Å². The van der Waals surface area contributed by atoms with E-state index in [1.54, 1.807) is 0 Å². The Morgan fingerprint density at radius 3 is 2.80 bits per heavy atom. The summed E-state index contributed by atoms with van der Waals surface area (Å²) in [6.07, 6.45) is 7.23. The summed E-state index contributed by atoms with van der Waals surface area (Å²) in [6, 6.07) is 0. The molecular formula is C13H23NO. The molecule has 0 aromatic rings. The van der Waals surface area contributed by atoms with Crippen molar-refractivity contribution in [3.63, 3.8) is 0 Å². The van der Waals surface area contributed by atoms with E-state index in [0.717, 1.165) is 25.3 Å². The van der Waals surface area contributed by atoms with Gasteiger partial charge in [0.15, 0.2) is 0 Å². The van der Waals surface area contributed by atoms with Gasteiger partial charge in [-0.05, 0) is 44.4 Å². The second-order valence-corrected chi connectivity index (χ2v) is 5.43. The van der Waals surface area contributed by atoms with Gasteiger partial charge in [-0.15, -0.1) is 0 Å². The first kappa shape index (κ1) is 11.2. The van der Waals surface area contributed by atoms with Crippen LogP contribution in [0.5, 0.6) is 0 Å². The Hall–Kier alpha value is -0.340. The van der Waals surface area contributed by atoms with Crippen molar-refractivity contribution in [2.75, 3.05) is 13.2 Å². The molecule has 2 aliphatic carbocycles. The lowest BCUT2D eigenvalue weighted by Crippen LogP contribution is -2.40. The summed E-state index contributed by atoms with van der Waals surface area (Å²) in [7, 11) is 0. The molecule has 1 saturated carbocycles. The van der Waals surface area contributed by atoms with Crippen LogP contribution in [0.25, 0.3) is 0 Å². The molecule has 0 bridgehead atoms. The number of nitrogens with one attached hydrogen (secondary N) is 1. The molecule has 2 aliphatic rings. The molecule has 0 amide bonds. The molecule has 0 aromatic carbocycles. The minimum atomic E-state index is 0.0947. The molecule has 15 heavy (non-hydrogen) atoms. The van der Waals surface area contributed by atoms with Crippen LogP contribution in [0.1, 0.15) is 39.5 Å². The number of rotatable bonds is 4. The van der Waals surface area contributed by atoms with E-state index < -0.39 is 0 Å². The maximum absolute atomic E-state index is 9.24. The van der Waals surface area contributed by atoms with Crippen molar-refractivity contribution in [2.24, 2.45) is 11.8 Å². The van der Waals surface area contributed by atoms with E-state index in [1.807, 2.05) is 0 Å². The number of hydrogen-bond acceptors (Lipinski definition) is 2. The highest BCUT2D eigenvalue weighted by Gasteiger charge is 2.42.